The van der Waals surface area contributed by atoms with Gasteiger partial charge in [0.25, 0.3) is 5.91 Å². The fourth-order valence-corrected chi connectivity index (χ4v) is 4.73. The van der Waals surface area contributed by atoms with Crippen LogP contribution in [-0.4, -0.2) is 37.8 Å². The number of aromatic carboxylic acids is 2. The van der Waals surface area contributed by atoms with Crippen LogP contribution in [0.2, 0.25) is 0 Å². The molecular formula is C26H23N3O5S. The molecule has 1 aliphatic rings. The number of aromatic nitrogens is 1. The third-order valence-electron chi connectivity index (χ3n) is 5.88. The van der Waals surface area contributed by atoms with Gasteiger partial charge in [0.2, 0.25) is 0 Å². The standard InChI is InChI=1S/C26H23N3O5S/c1-13-6-5-7-21(15(13)3)27-26-28-23(30)22(35-26)12-17-8-14(2)29(16(17)4)20-10-18(24(31)32)9-19(11-20)25(33)34/h5-12H,1-4H3,(H,31,32)(H,33,34)(H,27,28,30)/b22-12-. The van der Waals surface area contributed by atoms with Crippen LogP contribution in [0.15, 0.2) is 52.4 Å². The highest BCUT2D eigenvalue weighted by molar-refractivity contribution is 8.18. The molecule has 2 heterocycles. The summed E-state index contributed by atoms with van der Waals surface area (Å²) in [7, 11) is 0. The number of carboxylic acid groups (broad SMARTS) is 2. The summed E-state index contributed by atoms with van der Waals surface area (Å²) in [6, 6.07) is 11.7. The van der Waals surface area contributed by atoms with E-state index in [0.717, 1.165) is 39.8 Å². The van der Waals surface area contributed by atoms with Crippen LogP contribution in [-0.2, 0) is 4.79 Å². The highest BCUT2D eigenvalue weighted by atomic mass is 32.2. The summed E-state index contributed by atoms with van der Waals surface area (Å²) in [5, 5.41) is 22.1. The van der Waals surface area contributed by atoms with Crippen molar-refractivity contribution in [1.82, 2.24) is 9.88 Å². The Bertz CT molecular complexity index is 1430. The molecule has 1 fully saturated rings. The number of amidine groups is 1. The van der Waals surface area contributed by atoms with Crippen LogP contribution in [0.5, 0.6) is 0 Å². The number of carbonyl (C=O) groups is 3. The molecule has 2 aromatic carbocycles. The highest BCUT2D eigenvalue weighted by Crippen LogP contribution is 2.32. The maximum absolute atomic E-state index is 12.6. The van der Waals surface area contributed by atoms with Crippen LogP contribution in [0.4, 0.5) is 5.69 Å². The number of nitrogens with one attached hydrogen (secondary N) is 1. The van der Waals surface area contributed by atoms with Gasteiger partial charge in [-0.15, -0.1) is 0 Å². The van der Waals surface area contributed by atoms with Gasteiger partial charge in [0, 0.05) is 17.1 Å². The summed E-state index contributed by atoms with van der Waals surface area (Å²) in [6.07, 6.45) is 1.75. The van der Waals surface area contributed by atoms with E-state index in [1.807, 2.05) is 52.0 Å². The normalized spacial score (nSPS) is 15.6. The number of carboxylic acids is 2. The van der Waals surface area contributed by atoms with Crippen molar-refractivity contribution < 1.29 is 24.6 Å². The molecule has 3 aromatic rings. The lowest BCUT2D eigenvalue weighted by molar-refractivity contribution is -0.115. The van der Waals surface area contributed by atoms with Gasteiger partial charge in [-0.3, -0.25) is 4.79 Å². The van der Waals surface area contributed by atoms with E-state index < -0.39 is 11.9 Å². The lowest BCUT2D eigenvalue weighted by Gasteiger charge is -2.12. The molecule has 178 valence electrons. The first-order valence-electron chi connectivity index (χ1n) is 10.7. The number of benzene rings is 2. The van der Waals surface area contributed by atoms with E-state index in [1.165, 1.54) is 23.9 Å². The number of thioether (sulfide) groups is 1. The number of aryl methyl sites for hydroxylation is 2. The summed E-state index contributed by atoms with van der Waals surface area (Å²) < 4.78 is 1.77. The average molecular weight is 490 g/mol. The maximum atomic E-state index is 12.6. The molecule has 1 amide bonds. The minimum Gasteiger partial charge on any atom is -0.478 e. The summed E-state index contributed by atoms with van der Waals surface area (Å²) in [5.41, 5.74) is 5.38. The van der Waals surface area contributed by atoms with Gasteiger partial charge >= 0.3 is 11.9 Å². The number of hydrogen-bond donors (Lipinski definition) is 3. The van der Waals surface area contributed by atoms with E-state index in [9.17, 15) is 24.6 Å². The van der Waals surface area contributed by atoms with E-state index in [4.69, 9.17) is 0 Å². The second-order valence-electron chi connectivity index (χ2n) is 8.24. The van der Waals surface area contributed by atoms with Gasteiger partial charge in [-0.05, 0) is 92.6 Å². The quantitative estimate of drug-likeness (QED) is 0.434. The lowest BCUT2D eigenvalue weighted by Crippen LogP contribution is -2.19. The van der Waals surface area contributed by atoms with Crippen molar-refractivity contribution >= 4 is 46.5 Å². The van der Waals surface area contributed by atoms with Gasteiger partial charge in [-0.25, -0.2) is 14.6 Å². The Hall–Kier alpha value is -4.11. The smallest absolute Gasteiger partial charge is 0.335 e. The minimum absolute atomic E-state index is 0.120. The fraction of sp³-hybridized carbons (Fsp3) is 0.154. The molecule has 35 heavy (non-hydrogen) atoms. The Labute approximate surface area is 206 Å². The minimum atomic E-state index is -1.21. The molecule has 0 saturated carbocycles. The van der Waals surface area contributed by atoms with Crippen LogP contribution in [0.25, 0.3) is 11.8 Å². The SMILES string of the molecule is Cc1cccc(N=C2NC(=O)/C(=C/c3cc(C)n(-c4cc(C(=O)O)cc(C(=O)O)c4)c3C)S2)c1C. The van der Waals surface area contributed by atoms with Gasteiger partial charge in [0.05, 0.1) is 21.7 Å². The van der Waals surface area contributed by atoms with Gasteiger partial charge in [-0.2, -0.15) is 0 Å². The fourth-order valence-electron chi connectivity index (χ4n) is 3.91. The summed E-state index contributed by atoms with van der Waals surface area (Å²) in [4.78, 5) is 40.8. The Kier molecular flexibility index (Phi) is 6.36. The highest BCUT2D eigenvalue weighted by Gasteiger charge is 2.25. The third-order valence-corrected chi connectivity index (χ3v) is 6.79. The summed E-state index contributed by atoms with van der Waals surface area (Å²) in [5.74, 6) is -2.69. The Morgan fingerprint density at radius 3 is 2.29 bits per heavy atom. The number of nitrogens with zero attached hydrogens (tertiary/aromatic N) is 2. The molecule has 0 bridgehead atoms. The van der Waals surface area contributed by atoms with Crippen LogP contribution in [0.3, 0.4) is 0 Å². The van der Waals surface area contributed by atoms with Crippen molar-refractivity contribution in [2.45, 2.75) is 27.7 Å². The van der Waals surface area contributed by atoms with E-state index >= 15 is 0 Å². The lowest BCUT2D eigenvalue weighted by atomic mass is 10.1. The number of aliphatic imine (C=N–C) groups is 1. The molecule has 0 radical (unpaired) electrons. The van der Waals surface area contributed by atoms with E-state index in [-0.39, 0.29) is 17.0 Å². The van der Waals surface area contributed by atoms with Crippen LogP contribution >= 0.6 is 11.8 Å². The number of carbonyl (C=O) groups excluding carboxylic acids is 1. The van der Waals surface area contributed by atoms with Gasteiger partial charge in [0.15, 0.2) is 5.17 Å². The van der Waals surface area contributed by atoms with E-state index in [1.54, 1.807) is 10.6 Å². The van der Waals surface area contributed by atoms with Crippen LogP contribution in [0, 0.1) is 27.7 Å². The molecule has 1 aromatic heterocycles. The van der Waals surface area contributed by atoms with Crippen molar-refractivity contribution in [3.63, 3.8) is 0 Å². The number of amides is 1. The third kappa shape index (κ3) is 4.76. The molecule has 0 aliphatic carbocycles. The van der Waals surface area contributed by atoms with Gasteiger partial charge in [0.1, 0.15) is 0 Å². The van der Waals surface area contributed by atoms with Crippen molar-refractivity contribution in [3.8, 4) is 5.69 Å². The first-order valence-corrected chi connectivity index (χ1v) is 11.5. The Morgan fingerprint density at radius 1 is 1.00 bits per heavy atom. The topological polar surface area (TPSA) is 121 Å². The molecular weight excluding hydrogens is 466 g/mol. The molecule has 3 N–H and O–H groups in total. The zero-order valence-corrected chi connectivity index (χ0v) is 20.4. The van der Waals surface area contributed by atoms with Crippen molar-refractivity contribution in [3.05, 3.63) is 86.6 Å². The molecule has 0 atom stereocenters. The second-order valence-corrected chi connectivity index (χ2v) is 9.27. The molecule has 0 unspecified atom stereocenters. The average Bonchev–Trinajstić information content (AvgIpc) is 3.28. The number of hydrogen-bond acceptors (Lipinski definition) is 5. The maximum Gasteiger partial charge on any atom is 0.335 e. The molecule has 9 heteroatoms. The summed E-state index contributed by atoms with van der Waals surface area (Å²) in [6.45, 7) is 7.65. The number of rotatable bonds is 5. The molecule has 1 saturated heterocycles. The second kappa shape index (κ2) is 9.27. The van der Waals surface area contributed by atoms with Crippen molar-refractivity contribution in [2.75, 3.05) is 0 Å². The zero-order valence-electron chi connectivity index (χ0n) is 19.5. The van der Waals surface area contributed by atoms with Crippen LogP contribution < -0.4 is 5.32 Å². The Morgan fingerprint density at radius 2 is 1.66 bits per heavy atom. The summed E-state index contributed by atoms with van der Waals surface area (Å²) >= 11 is 1.24. The van der Waals surface area contributed by atoms with Crippen molar-refractivity contribution in [2.24, 2.45) is 4.99 Å². The monoisotopic (exact) mass is 489 g/mol. The van der Waals surface area contributed by atoms with E-state index in [0.29, 0.717) is 15.8 Å². The molecule has 0 spiro atoms. The molecule has 4 rings (SSSR count). The largest absolute Gasteiger partial charge is 0.478 e. The van der Waals surface area contributed by atoms with Gasteiger partial charge < -0.3 is 20.1 Å². The van der Waals surface area contributed by atoms with Gasteiger partial charge in [-0.1, -0.05) is 12.1 Å². The van der Waals surface area contributed by atoms with Crippen molar-refractivity contribution in [1.29, 1.82) is 0 Å². The van der Waals surface area contributed by atoms with Crippen LogP contribution in [0.1, 0.15) is 48.8 Å². The first kappa shape index (κ1) is 24.0. The molecule has 1 aliphatic heterocycles. The molecule has 8 nitrogen and oxygen atoms in total. The first-order chi connectivity index (χ1) is 16.5. The Balaban J connectivity index is 1.71. The predicted molar refractivity (Wildman–Crippen MR) is 136 cm³/mol. The van der Waals surface area contributed by atoms with E-state index in [2.05, 4.69) is 10.3 Å². The zero-order chi connectivity index (χ0) is 25.4. The predicted octanol–water partition coefficient (Wildman–Crippen LogP) is 5.00.